The fourth-order valence-corrected chi connectivity index (χ4v) is 1.76. The SMILES string of the molecule is CCc1c(N)ncnc1Nc1ccc(Cl)cc1F. The second-order valence-corrected chi connectivity index (χ2v) is 4.13. The minimum Gasteiger partial charge on any atom is -0.383 e. The molecule has 3 N–H and O–H groups in total. The first-order chi connectivity index (χ1) is 8.61. The van der Waals surface area contributed by atoms with Crippen molar-refractivity contribution in [1.82, 2.24) is 9.97 Å². The van der Waals surface area contributed by atoms with Crippen LogP contribution in [0, 0.1) is 5.82 Å². The molecule has 1 aromatic heterocycles. The van der Waals surface area contributed by atoms with Crippen molar-refractivity contribution in [3.63, 3.8) is 0 Å². The van der Waals surface area contributed by atoms with Gasteiger partial charge in [-0.1, -0.05) is 18.5 Å². The zero-order chi connectivity index (χ0) is 13.1. The zero-order valence-corrected chi connectivity index (χ0v) is 10.5. The first kappa shape index (κ1) is 12.6. The van der Waals surface area contributed by atoms with Crippen molar-refractivity contribution in [2.24, 2.45) is 0 Å². The Morgan fingerprint density at radius 2 is 2.17 bits per heavy atom. The van der Waals surface area contributed by atoms with Gasteiger partial charge in [-0.15, -0.1) is 0 Å². The molecule has 0 saturated heterocycles. The number of nitrogens with one attached hydrogen (secondary N) is 1. The Labute approximate surface area is 109 Å². The van der Waals surface area contributed by atoms with Crippen LogP contribution in [0.2, 0.25) is 5.02 Å². The van der Waals surface area contributed by atoms with E-state index in [2.05, 4.69) is 15.3 Å². The second-order valence-electron chi connectivity index (χ2n) is 3.69. The molecule has 0 spiro atoms. The van der Waals surface area contributed by atoms with Crippen LogP contribution in [-0.4, -0.2) is 9.97 Å². The minimum absolute atomic E-state index is 0.298. The maximum atomic E-state index is 13.7. The highest BCUT2D eigenvalue weighted by Gasteiger charge is 2.10. The summed E-state index contributed by atoms with van der Waals surface area (Å²) < 4.78 is 13.7. The van der Waals surface area contributed by atoms with Gasteiger partial charge in [0.1, 0.15) is 23.8 Å². The molecule has 4 nitrogen and oxygen atoms in total. The first-order valence-corrected chi connectivity index (χ1v) is 5.81. The van der Waals surface area contributed by atoms with Crippen LogP contribution in [0.1, 0.15) is 12.5 Å². The lowest BCUT2D eigenvalue weighted by Crippen LogP contribution is -2.05. The topological polar surface area (TPSA) is 63.8 Å². The zero-order valence-electron chi connectivity index (χ0n) is 9.74. The average molecular weight is 267 g/mol. The Kier molecular flexibility index (Phi) is 3.62. The van der Waals surface area contributed by atoms with E-state index in [0.717, 1.165) is 5.56 Å². The maximum Gasteiger partial charge on any atom is 0.148 e. The lowest BCUT2D eigenvalue weighted by atomic mass is 10.2. The van der Waals surface area contributed by atoms with Gasteiger partial charge >= 0.3 is 0 Å². The molecule has 1 aromatic carbocycles. The van der Waals surface area contributed by atoms with Crippen molar-refractivity contribution < 1.29 is 4.39 Å². The quantitative estimate of drug-likeness (QED) is 0.896. The summed E-state index contributed by atoms with van der Waals surface area (Å²) in [6.45, 7) is 1.93. The van der Waals surface area contributed by atoms with Gasteiger partial charge in [0.2, 0.25) is 0 Å². The number of halogens is 2. The van der Waals surface area contributed by atoms with Crippen LogP contribution in [-0.2, 0) is 6.42 Å². The third kappa shape index (κ3) is 2.51. The molecule has 0 aliphatic carbocycles. The summed E-state index contributed by atoms with van der Waals surface area (Å²) in [6, 6.07) is 4.39. The van der Waals surface area contributed by atoms with E-state index < -0.39 is 5.82 Å². The van der Waals surface area contributed by atoms with E-state index >= 15 is 0 Å². The molecule has 2 aromatic rings. The van der Waals surface area contributed by atoms with Gasteiger partial charge in [0.15, 0.2) is 0 Å². The van der Waals surface area contributed by atoms with Gasteiger partial charge in [-0.2, -0.15) is 0 Å². The average Bonchev–Trinajstić information content (AvgIpc) is 2.33. The van der Waals surface area contributed by atoms with Gasteiger partial charge in [0.25, 0.3) is 0 Å². The first-order valence-electron chi connectivity index (χ1n) is 5.43. The number of nitrogens with zero attached hydrogens (tertiary/aromatic N) is 2. The predicted molar refractivity (Wildman–Crippen MR) is 70.5 cm³/mol. The molecule has 6 heteroatoms. The van der Waals surface area contributed by atoms with E-state index in [4.69, 9.17) is 17.3 Å². The van der Waals surface area contributed by atoms with Gasteiger partial charge in [-0.05, 0) is 24.6 Å². The van der Waals surface area contributed by atoms with E-state index in [9.17, 15) is 4.39 Å². The van der Waals surface area contributed by atoms with Gasteiger partial charge in [-0.25, -0.2) is 14.4 Å². The fourth-order valence-electron chi connectivity index (χ4n) is 1.60. The van der Waals surface area contributed by atoms with Gasteiger partial charge in [-0.3, -0.25) is 0 Å². The van der Waals surface area contributed by atoms with Crippen LogP contribution in [0.4, 0.5) is 21.7 Å². The van der Waals surface area contributed by atoms with Gasteiger partial charge in [0.05, 0.1) is 5.69 Å². The fraction of sp³-hybridized carbons (Fsp3) is 0.167. The third-order valence-electron chi connectivity index (χ3n) is 2.52. The Bertz CT molecular complexity index is 574. The second kappa shape index (κ2) is 5.18. The highest BCUT2D eigenvalue weighted by atomic mass is 35.5. The summed E-state index contributed by atoms with van der Waals surface area (Å²) >= 11 is 5.69. The van der Waals surface area contributed by atoms with Gasteiger partial charge in [0, 0.05) is 10.6 Å². The number of hydrogen-bond donors (Lipinski definition) is 2. The van der Waals surface area contributed by atoms with Crippen LogP contribution in [0.3, 0.4) is 0 Å². The molecule has 0 atom stereocenters. The monoisotopic (exact) mass is 266 g/mol. The Hall–Kier alpha value is -1.88. The normalized spacial score (nSPS) is 10.4. The molecule has 18 heavy (non-hydrogen) atoms. The molecular weight excluding hydrogens is 255 g/mol. The number of rotatable bonds is 3. The standard InChI is InChI=1S/C12H12ClFN4/c1-2-8-11(15)16-6-17-12(8)18-10-4-3-7(13)5-9(10)14/h3-6H,2H2,1H3,(H3,15,16,17,18). The van der Waals surface area contributed by atoms with Crippen LogP contribution in [0.25, 0.3) is 0 Å². The highest BCUT2D eigenvalue weighted by Crippen LogP contribution is 2.25. The van der Waals surface area contributed by atoms with Crippen LogP contribution >= 0.6 is 11.6 Å². The predicted octanol–water partition coefficient (Wildman–Crippen LogP) is 3.16. The van der Waals surface area contributed by atoms with Crippen LogP contribution < -0.4 is 11.1 Å². The van der Waals surface area contributed by atoms with E-state index in [0.29, 0.717) is 28.8 Å². The Morgan fingerprint density at radius 1 is 1.39 bits per heavy atom. The van der Waals surface area contributed by atoms with Crippen LogP contribution in [0.15, 0.2) is 24.5 Å². The van der Waals surface area contributed by atoms with Crippen molar-refractivity contribution >= 4 is 28.9 Å². The van der Waals surface area contributed by atoms with Crippen molar-refractivity contribution in [1.29, 1.82) is 0 Å². The number of aromatic nitrogens is 2. The van der Waals surface area contributed by atoms with Crippen molar-refractivity contribution in [2.75, 3.05) is 11.1 Å². The number of nitrogens with two attached hydrogens (primary N) is 1. The molecule has 0 bridgehead atoms. The molecular formula is C12H12ClFN4. The van der Waals surface area contributed by atoms with E-state index in [-0.39, 0.29) is 0 Å². The molecule has 0 aliphatic rings. The lowest BCUT2D eigenvalue weighted by molar-refractivity contribution is 0.632. The molecule has 0 unspecified atom stereocenters. The largest absolute Gasteiger partial charge is 0.383 e. The Morgan fingerprint density at radius 3 is 2.83 bits per heavy atom. The maximum absolute atomic E-state index is 13.7. The minimum atomic E-state index is -0.443. The number of benzene rings is 1. The summed E-state index contributed by atoms with van der Waals surface area (Å²) in [5.74, 6) is 0.456. The third-order valence-corrected chi connectivity index (χ3v) is 2.75. The smallest absolute Gasteiger partial charge is 0.148 e. The summed E-state index contributed by atoms with van der Waals surface area (Å²) in [4.78, 5) is 7.97. The molecule has 0 aliphatic heterocycles. The molecule has 1 heterocycles. The number of hydrogen-bond acceptors (Lipinski definition) is 4. The lowest BCUT2D eigenvalue weighted by Gasteiger charge is -2.11. The van der Waals surface area contributed by atoms with Crippen LogP contribution in [0.5, 0.6) is 0 Å². The van der Waals surface area contributed by atoms with Crippen molar-refractivity contribution in [3.8, 4) is 0 Å². The number of nitrogen functional groups attached to an aromatic ring is 1. The molecule has 2 rings (SSSR count). The molecule has 0 fully saturated rings. The van der Waals surface area contributed by atoms with Crippen molar-refractivity contribution in [3.05, 3.63) is 40.9 Å². The Balaban J connectivity index is 2.37. The van der Waals surface area contributed by atoms with E-state index in [1.54, 1.807) is 12.1 Å². The van der Waals surface area contributed by atoms with Gasteiger partial charge < -0.3 is 11.1 Å². The van der Waals surface area contributed by atoms with E-state index in [1.165, 1.54) is 12.4 Å². The molecule has 0 radical (unpaired) electrons. The summed E-state index contributed by atoms with van der Waals surface area (Å²) in [5, 5.41) is 3.24. The summed E-state index contributed by atoms with van der Waals surface area (Å²) in [6.07, 6.45) is 1.99. The molecule has 0 saturated carbocycles. The summed E-state index contributed by atoms with van der Waals surface area (Å²) in [7, 11) is 0. The summed E-state index contributed by atoms with van der Waals surface area (Å²) in [5.41, 5.74) is 6.80. The van der Waals surface area contributed by atoms with Crippen molar-refractivity contribution in [2.45, 2.75) is 13.3 Å². The van der Waals surface area contributed by atoms with E-state index in [1.807, 2.05) is 6.92 Å². The highest BCUT2D eigenvalue weighted by molar-refractivity contribution is 6.30. The molecule has 94 valence electrons. The molecule has 0 amide bonds. The number of anilines is 3.